The topological polar surface area (TPSA) is 68.0 Å². The third-order valence-electron chi connectivity index (χ3n) is 2.37. The number of hydrogen-bond donors (Lipinski definition) is 2. The molecule has 1 amide bonds. The number of hydrogen-bond acceptors (Lipinski definition) is 3. The minimum absolute atomic E-state index is 0.415. The predicted molar refractivity (Wildman–Crippen MR) is 66.5 cm³/mol. The molecule has 0 radical (unpaired) electrons. The zero-order valence-corrected chi connectivity index (χ0v) is 9.26. The van der Waals surface area contributed by atoms with E-state index in [1.54, 1.807) is 18.3 Å². The molecule has 86 valence electrons. The minimum atomic E-state index is -0.415. The lowest BCUT2D eigenvalue weighted by Crippen LogP contribution is -2.10. The maximum Gasteiger partial charge on any atom is 0.248 e. The molecule has 0 fully saturated rings. The molecule has 17 heavy (non-hydrogen) atoms. The molecule has 4 nitrogen and oxygen atoms in total. The highest BCUT2D eigenvalue weighted by molar-refractivity contribution is 5.93. The summed E-state index contributed by atoms with van der Waals surface area (Å²) in [5.74, 6) is -0.415. The zero-order valence-electron chi connectivity index (χ0n) is 9.26. The van der Waals surface area contributed by atoms with Gasteiger partial charge in [0, 0.05) is 17.4 Å². The summed E-state index contributed by atoms with van der Waals surface area (Å²) in [5.41, 5.74) is 7.56. The van der Waals surface area contributed by atoms with Gasteiger partial charge in [0.15, 0.2) is 0 Å². The molecule has 4 heteroatoms. The van der Waals surface area contributed by atoms with Crippen molar-refractivity contribution in [1.82, 2.24) is 4.98 Å². The average Bonchev–Trinajstić information content (AvgIpc) is 2.38. The van der Waals surface area contributed by atoms with Crippen LogP contribution in [0, 0.1) is 0 Å². The van der Waals surface area contributed by atoms with Crippen LogP contribution < -0.4 is 11.1 Å². The van der Waals surface area contributed by atoms with E-state index in [2.05, 4.69) is 10.3 Å². The van der Waals surface area contributed by atoms with Gasteiger partial charge in [-0.25, -0.2) is 0 Å². The highest BCUT2D eigenvalue weighted by Gasteiger charge is 1.99. The van der Waals surface area contributed by atoms with Crippen molar-refractivity contribution in [3.8, 4) is 0 Å². The lowest BCUT2D eigenvalue weighted by atomic mass is 10.2. The monoisotopic (exact) mass is 227 g/mol. The maximum absolute atomic E-state index is 10.9. The van der Waals surface area contributed by atoms with Gasteiger partial charge in [-0.3, -0.25) is 9.78 Å². The van der Waals surface area contributed by atoms with Crippen LogP contribution in [0.5, 0.6) is 0 Å². The number of aromatic nitrogens is 1. The molecule has 0 aliphatic heterocycles. The Morgan fingerprint density at radius 3 is 2.53 bits per heavy atom. The molecule has 0 aliphatic carbocycles. The number of nitrogens with one attached hydrogen (secondary N) is 1. The molecule has 1 heterocycles. The number of nitrogens with two attached hydrogens (primary N) is 1. The third-order valence-corrected chi connectivity index (χ3v) is 2.37. The number of benzene rings is 1. The van der Waals surface area contributed by atoms with E-state index < -0.39 is 5.91 Å². The lowest BCUT2D eigenvalue weighted by molar-refractivity contribution is 0.100. The highest BCUT2D eigenvalue weighted by atomic mass is 16.1. The summed E-state index contributed by atoms with van der Waals surface area (Å²) in [4.78, 5) is 15.1. The fourth-order valence-electron chi connectivity index (χ4n) is 1.45. The first kappa shape index (κ1) is 11.1. The van der Waals surface area contributed by atoms with Gasteiger partial charge in [0.05, 0.1) is 12.2 Å². The van der Waals surface area contributed by atoms with Crippen LogP contribution in [0.25, 0.3) is 0 Å². The van der Waals surface area contributed by atoms with Crippen LogP contribution in [-0.4, -0.2) is 10.9 Å². The first-order chi connectivity index (χ1) is 8.25. The van der Waals surface area contributed by atoms with Gasteiger partial charge >= 0.3 is 0 Å². The maximum atomic E-state index is 10.9. The summed E-state index contributed by atoms with van der Waals surface area (Å²) in [6.45, 7) is 0.650. The Hall–Kier alpha value is -2.36. The van der Waals surface area contributed by atoms with E-state index in [1.165, 1.54) is 0 Å². The van der Waals surface area contributed by atoms with E-state index in [1.807, 2.05) is 30.3 Å². The molecule has 0 saturated carbocycles. The standard InChI is InChI=1S/C13H13N3O/c14-13(17)10-4-6-11(7-5-10)16-9-12-3-1-2-8-15-12/h1-8,16H,9H2,(H2,14,17). The summed E-state index contributed by atoms with van der Waals surface area (Å²) >= 11 is 0. The second kappa shape index (κ2) is 5.12. The molecule has 0 unspecified atom stereocenters. The zero-order chi connectivity index (χ0) is 12.1. The number of anilines is 1. The largest absolute Gasteiger partial charge is 0.379 e. The second-order valence-electron chi connectivity index (χ2n) is 3.62. The fraction of sp³-hybridized carbons (Fsp3) is 0.0769. The van der Waals surface area contributed by atoms with Gasteiger partial charge in [-0.15, -0.1) is 0 Å². The SMILES string of the molecule is NC(=O)c1ccc(NCc2ccccn2)cc1. The van der Waals surface area contributed by atoms with E-state index in [-0.39, 0.29) is 0 Å². The van der Waals surface area contributed by atoms with Crippen molar-refractivity contribution in [2.75, 3.05) is 5.32 Å². The Morgan fingerprint density at radius 1 is 1.18 bits per heavy atom. The number of nitrogens with zero attached hydrogens (tertiary/aromatic N) is 1. The summed E-state index contributed by atoms with van der Waals surface area (Å²) in [6, 6.07) is 12.8. The molecule has 0 saturated heterocycles. The van der Waals surface area contributed by atoms with Crippen molar-refractivity contribution >= 4 is 11.6 Å². The van der Waals surface area contributed by atoms with Crippen molar-refractivity contribution in [3.05, 3.63) is 59.9 Å². The molecule has 2 rings (SSSR count). The van der Waals surface area contributed by atoms with Gasteiger partial charge in [-0.1, -0.05) is 6.07 Å². The average molecular weight is 227 g/mol. The van der Waals surface area contributed by atoms with Crippen molar-refractivity contribution in [2.45, 2.75) is 6.54 Å². The van der Waals surface area contributed by atoms with Gasteiger partial charge in [0.2, 0.25) is 5.91 Å². The highest BCUT2D eigenvalue weighted by Crippen LogP contribution is 2.10. The van der Waals surface area contributed by atoms with Gasteiger partial charge in [0.1, 0.15) is 0 Å². The normalized spacial score (nSPS) is 9.88. The van der Waals surface area contributed by atoms with E-state index in [4.69, 9.17) is 5.73 Å². The van der Waals surface area contributed by atoms with Crippen molar-refractivity contribution in [2.24, 2.45) is 5.73 Å². The van der Waals surface area contributed by atoms with E-state index >= 15 is 0 Å². The van der Waals surface area contributed by atoms with Crippen LogP contribution in [0.1, 0.15) is 16.1 Å². The van der Waals surface area contributed by atoms with E-state index in [0.717, 1.165) is 11.4 Å². The first-order valence-corrected chi connectivity index (χ1v) is 5.29. The Balaban J connectivity index is 1.98. The molecule has 2 aromatic rings. The Kier molecular flexibility index (Phi) is 3.35. The minimum Gasteiger partial charge on any atom is -0.379 e. The van der Waals surface area contributed by atoms with Crippen molar-refractivity contribution in [3.63, 3.8) is 0 Å². The number of amides is 1. The molecule has 0 spiro atoms. The van der Waals surface area contributed by atoms with Gasteiger partial charge in [-0.05, 0) is 36.4 Å². The Morgan fingerprint density at radius 2 is 1.94 bits per heavy atom. The Bertz CT molecular complexity index is 494. The smallest absolute Gasteiger partial charge is 0.248 e. The lowest BCUT2D eigenvalue weighted by Gasteiger charge is -2.06. The number of carbonyl (C=O) groups excluding carboxylic acids is 1. The predicted octanol–water partition coefficient (Wildman–Crippen LogP) is 1.79. The summed E-state index contributed by atoms with van der Waals surface area (Å²) in [5, 5.41) is 3.21. The fourth-order valence-corrected chi connectivity index (χ4v) is 1.45. The number of carbonyl (C=O) groups is 1. The molecular weight excluding hydrogens is 214 g/mol. The summed E-state index contributed by atoms with van der Waals surface area (Å²) < 4.78 is 0. The van der Waals surface area contributed by atoms with E-state index in [9.17, 15) is 4.79 Å². The van der Waals surface area contributed by atoms with Crippen molar-refractivity contribution < 1.29 is 4.79 Å². The summed E-state index contributed by atoms with van der Waals surface area (Å²) in [6.07, 6.45) is 1.76. The molecule has 1 aromatic heterocycles. The number of rotatable bonds is 4. The van der Waals surface area contributed by atoms with Crippen LogP contribution in [0.2, 0.25) is 0 Å². The van der Waals surface area contributed by atoms with Crippen LogP contribution in [0.3, 0.4) is 0 Å². The molecule has 1 aromatic carbocycles. The summed E-state index contributed by atoms with van der Waals surface area (Å²) in [7, 11) is 0. The van der Waals surface area contributed by atoms with Crippen LogP contribution in [-0.2, 0) is 6.54 Å². The van der Waals surface area contributed by atoms with Gasteiger partial charge < -0.3 is 11.1 Å². The van der Waals surface area contributed by atoms with Crippen LogP contribution in [0.15, 0.2) is 48.7 Å². The second-order valence-corrected chi connectivity index (χ2v) is 3.62. The van der Waals surface area contributed by atoms with Crippen LogP contribution >= 0.6 is 0 Å². The van der Waals surface area contributed by atoms with Gasteiger partial charge in [0.25, 0.3) is 0 Å². The van der Waals surface area contributed by atoms with E-state index in [0.29, 0.717) is 12.1 Å². The molecule has 0 aliphatic rings. The molecular formula is C13H13N3O. The first-order valence-electron chi connectivity index (χ1n) is 5.29. The van der Waals surface area contributed by atoms with Gasteiger partial charge in [-0.2, -0.15) is 0 Å². The molecule has 0 atom stereocenters. The third kappa shape index (κ3) is 3.04. The Labute approximate surface area is 99.5 Å². The number of primary amides is 1. The molecule has 3 N–H and O–H groups in total. The number of pyridine rings is 1. The quantitative estimate of drug-likeness (QED) is 0.836. The van der Waals surface area contributed by atoms with Crippen molar-refractivity contribution in [1.29, 1.82) is 0 Å². The molecule has 0 bridgehead atoms. The van der Waals surface area contributed by atoms with Crippen LogP contribution in [0.4, 0.5) is 5.69 Å².